The van der Waals surface area contributed by atoms with Gasteiger partial charge in [0.05, 0.1) is 0 Å². The van der Waals surface area contributed by atoms with Crippen LogP contribution in [-0.4, -0.2) is 25.9 Å². The van der Waals surface area contributed by atoms with Crippen LogP contribution in [0.3, 0.4) is 0 Å². The van der Waals surface area contributed by atoms with E-state index in [1.807, 2.05) is 18.2 Å². The Morgan fingerprint density at radius 1 is 1.16 bits per heavy atom. The minimum absolute atomic E-state index is 0.0185. The fourth-order valence-corrected chi connectivity index (χ4v) is 2.57. The van der Waals surface area contributed by atoms with Gasteiger partial charge >= 0.3 is 0 Å². The van der Waals surface area contributed by atoms with Crippen LogP contribution in [-0.2, 0) is 0 Å². The summed E-state index contributed by atoms with van der Waals surface area (Å²) in [7, 11) is 0. The molecule has 1 saturated carbocycles. The quantitative estimate of drug-likeness (QED) is 0.594. The molecule has 1 aliphatic rings. The lowest BCUT2D eigenvalue weighted by Crippen LogP contribution is -2.01. The Balaban J connectivity index is 1.48. The highest BCUT2D eigenvalue weighted by Gasteiger charge is 2.25. The van der Waals surface area contributed by atoms with Crippen LogP contribution in [0, 0.1) is 0 Å². The van der Waals surface area contributed by atoms with E-state index in [2.05, 4.69) is 30.8 Å². The largest absolute Gasteiger partial charge is 0.324 e. The molecule has 0 atom stereocenters. The molecule has 0 spiro atoms. The molecule has 4 rings (SSSR count). The summed E-state index contributed by atoms with van der Waals surface area (Å²) >= 11 is 0. The Morgan fingerprint density at radius 2 is 2.04 bits per heavy atom. The van der Waals surface area contributed by atoms with Gasteiger partial charge in [0, 0.05) is 35.1 Å². The maximum atomic E-state index is 11.5. The van der Waals surface area contributed by atoms with Crippen LogP contribution < -0.4 is 10.6 Å². The number of anilines is 4. The Kier molecular flexibility index (Phi) is 3.89. The second kappa shape index (κ2) is 6.35. The number of carbonyl (C=O) groups is 1. The van der Waals surface area contributed by atoms with Crippen LogP contribution in [0.2, 0.25) is 0 Å². The first kappa shape index (κ1) is 15.3. The zero-order valence-corrected chi connectivity index (χ0v) is 13.8. The van der Waals surface area contributed by atoms with Crippen molar-refractivity contribution >= 4 is 29.1 Å². The molecule has 0 amide bonds. The van der Waals surface area contributed by atoms with Crippen molar-refractivity contribution < 1.29 is 4.79 Å². The lowest BCUT2D eigenvalue weighted by atomic mass is 10.1. The number of hydrogen-bond acceptors (Lipinski definition) is 6. The topological polar surface area (TPSA) is 95.6 Å². The Hall–Kier alpha value is -3.22. The number of aromatic nitrogens is 4. The van der Waals surface area contributed by atoms with Crippen molar-refractivity contribution in [2.75, 3.05) is 10.6 Å². The van der Waals surface area contributed by atoms with Gasteiger partial charge in [-0.25, -0.2) is 4.98 Å². The summed E-state index contributed by atoms with van der Waals surface area (Å²) in [5, 5.41) is 13.6. The van der Waals surface area contributed by atoms with Gasteiger partial charge in [-0.1, -0.05) is 12.1 Å². The first-order valence-corrected chi connectivity index (χ1v) is 8.21. The summed E-state index contributed by atoms with van der Waals surface area (Å²) < 4.78 is 0. The molecule has 0 bridgehead atoms. The molecule has 2 heterocycles. The van der Waals surface area contributed by atoms with Gasteiger partial charge < -0.3 is 10.6 Å². The van der Waals surface area contributed by atoms with Crippen molar-refractivity contribution in [2.24, 2.45) is 0 Å². The lowest BCUT2D eigenvalue weighted by molar-refractivity contribution is 0.101. The number of carbonyl (C=O) groups excluding carboxylic acids is 1. The van der Waals surface area contributed by atoms with E-state index in [9.17, 15) is 4.79 Å². The summed E-state index contributed by atoms with van der Waals surface area (Å²) in [4.78, 5) is 20.1. The van der Waals surface area contributed by atoms with E-state index in [1.54, 1.807) is 31.3 Å². The number of H-pyrrole nitrogens is 1. The van der Waals surface area contributed by atoms with Crippen molar-refractivity contribution in [1.82, 2.24) is 20.2 Å². The molecule has 2 aromatic heterocycles. The van der Waals surface area contributed by atoms with Gasteiger partial charge in [0.15, 0.2) is 11.6 Å². The maximum Gasteiger partial charge on any atom is 0.229 e. The van der Waals surface area contributed by atoms with Gasteiger partial charge in [-0.2, -0.15) is 10.1 Å². The maximum absolute atomic E-state index is 11.5. The molecule has 25 heavy (non-hydrogen) atoms. The monoisotopic (exact) mass is 334 g/mol. The molecule has 1 fully saturated rings. The molecule has 7 heteroatoms. The zero-order chi connectivity index (χ0) is 17.2. The van der Waals surface area contributed by atoms with Gasteiger partial charge in [-0.3, -0.25) is 9.89 Å². The predicted molar refractivity (Wildman–Crippen MR) is 95.6 cm³/mol. The molecule has 1 aromatic carbocycles. The number of benzene rings is 1. The summed E-state index contributed by atoms with van der Waals surface area (Å²) in [6, 6.07) is 11.0. The van der Waals surface area contributed by atoms with Gasteiger partial charge in [0.1, 0.15) is 5.82 Å². The third-order valence-corrected chi connectivity index (χ3v) is 4.05. The first-order chi connectivity index (χ1) is 12.2. The van der Waals surface area contributed by atoms with Crippen molar-refractivity contribution in [3.63, 3.8) is 0 Å². The van der Waals surface area contributed by atoms with Gasteiger partial charge in [0.2, 0.25) is 5.95 Å². The van der Waals surface area contributed by atoms with Crippen molar-refractivity contribution in [2.45, 2.75) is 25.7 Å². The van der Waals surface area contributed by atoms with Crippen LogP contribution in [0.15, 0.2) is 42.6 Å². The zero-order valence-electron chi connectivity index (χ0n) is 13.8. The fraction of sp³-hybridized carbons (Fsp3) is 0.222. The van der Waals surface area contributed by atoms with E-state index in [1.165, 1.54) is 12.8 Å². The van der Waals surface area contributed by atoms with E-state index in [4.69, 9.17) is 0 Å². The molecule has 3 N–H and O–H groups in total. The van der Waals surface area contributed by atoms with Crippen LogP contribution >= 0.6 is 0 Å². The van der Waals surface area contributed by atoms with Gasteiger partial charge in [-0.05, 0) is 38.0 Å². The number of rotatable bonds is 6. The average molecular weight is 334 g/mol. The minimum atomic E-state index is 0.0185. The molecule has 3 aromatic rings. The second-order valence-corrected chi connectivity index (χ2v) is 6.14. The van der Waals surface area contributed by atoms with E-state index in [0.717, 1.165) is 17.2 Å². The Labute approximate surface area is 144 Å². The number of Topliss-reactive ketones (excluding diaryl/α,β-unsaturated/α-hetero) is 1. The molecular weight excluding hydrogens is 316 g/mol. The number of nitrogens with one attached hydrogen (secondary N) is 3. The summed E-state index contributed by atoms with van der Waals surface area (Å²) in [6.07, 6.45) is 4.12. The second-order valence-electron chi connectivity index (χ2n) is 6.14. The molecular formula is C18H18N6O. The highest BCUT2D eigenvalue weighted by atomic mass is 16.1. The number of hydrogen-bond donors (Lipinski definition) is 3. The summed E-state index contributed by atoms with van der Waals surface area (Å²) in [5.41, 5.74) is 2.57. The molecule has 0 radical (unpaired) electrons. The third-order valence-electron chi connectivity index (χ3n) is 4.05. The van der Waals surface area contributed by atoms with Crippen LogP contribution in [0.5, 0.6) is 0 Å². The average Bonchev–Trinajstić information content (AvgIpc) is 3.35. The van der Waals surface area contributed by atoms with E-state index < -0.39 is 0 Å². The van der Waals surface area contributed by atoms with Crippen LogP contribution in [0.4, 0.5) is 23.3 Å². The van der Waals surface area contributed by atoms with Crippen molar-refractivity contribution in [1.29, 1.82) is 0 Å². The molecule has 1 aliphatic carbocycles. The van der Waals surface area contributed by atoms with Crippen molar-refractivity contribution in [3.05, 3.63) is 53.9 Å². The minimum Gasteiger partial charge on any atom is -0.324 e. The van der Waals surface area contributed by atoms with Crippen LogP contribution in [0.1, 0.15) is 41.7 Å². The smallest absolute Gasteiger partial charge is 0.229 e. The van der Waals surface area contributed by atoms with E-state index in [-0.39, 0.29) is 5.78 Å². The Bertz CT molecular complexity index is 915. The normalized spacial score (nSPS) is 13.5. The fourth-order valence-electron chi connectivity index (χ4n) is 2.57. The van der Waals surface area contributed by atoms with Crippen LogP contribution in [0.25, 0.3) is 0 Å². The standard InChI is InChI=1S/C18H18N6O/c1-11(25)13-3-2-4-14(9-13)20-18-19-8-7-16(22-18)21-17-10-15(23-24-17)12-5-6-12/h2-4,7-10,12H,5-6H2,1H3,(H3,19,20,21,22,23,24). The molecule has 0 saturated heterocycles. The Morgan fingerprint density at radius 3 is 2.84 bits per heavy atom. The highest BCUT2D eigenvalue weighted by molar-refractivity contribution is 5.95. The van der Waals surface area contributed by atoms with E-state index in [0.29, 0.717) is 23.2 Å². The molecule has 126 valence electrons. The van der Waals surface area contributed by atoms with E-state index >= 15 is 0 Å². The highest BCUT2D eigenvalue weighted by Crippen LogP contribution is 2.39. The number of aromatic amines is 1. The third kappa shape index (κ3) is 3.65. The summed E-state index contributed by atoms with van der Waals surface area (Å²) in [5.74, 6) is 2.48. The molecule has 0 unspecified atom stereocenters. The number of ketones is 1. The summed E-state index contributed by atoms with van der Waals surface area (Å²) in [6.45, 7) is 1.54. The van der Waals surface area contributed by atoms with Gasteiger partial charge in [-0.15, -0.1) is 0 Å². The predicted octanol–water partition coefficient (Wildman–Crippen LogP) is 3.77. The van der Waals surface area contributed by atoms with Crippen molar-refractivity contribution in [3.8, 4) is 0 Å². The molecule has 0 aliphatic heterocycles. The van der Waals surface area contributed by atoms with Gasteiger partial charge in [0.25, 0.3) is 0 Å². The SMILES string of the molecule is CC(=O)c1cccc(Nc2nccc(Nc3cc(C4CC4)[nH]n3)n2)c1. The number of nitrogens with zero attached hydrogens (tertiary/aromatic N) is 3. The lowest BCUT2D eigenvalue weighted by Gasteiger charge is -2.07. The molecule has 7 nitrogen and oxygen atoms in total. The first-order valence-electron chi connectivity index (χ1n) is 8.21.